The summed E-state index contributed by atoms with van der Waals surface area (Å²) in [5.41, 5.74) is 1.96. The van der Waals surface area contributed by atoms with Crippen LogP contribution in [0.2, 0.25) is 0 Å². The van der Waals surface area contributed by atoms with Crippen molar-refractivity contribution in [1.82, 2.24) is 5.32 Å². The molecule has 0 saturated carbocycles. The van der Waals surface area contributed by atoms with Crippen molar-refractivity contribution in [3.05, 3.63) is 28.2 Å². The van der Waals surface area contributed by atoms with Crippen LogP contribution in [0.15, 0.2) is 22.7 Å². The van der Waals surface area contributed by atoms with Gasteiger partial charge >= 0.3 is 0 Å². The number of hydrogen-bond acceptors (Lipinski definition) is 3. The Hall–Kier alpha value is -1.36. The molecular formula is C11H11BrN2O2. The van der Waals surface area contributed by atoms with E-state index >= 15 is 0 Å². The summed E-state index contributed by atoms with van der Waals surface area (Å²) in [7, 11) is 0. The Bertz CT molecular complexity index is 443. The Morgan fingerprint density at radius 3 is 2.44 bits per heavy atom. The van der Waals surface area contributed by atoms with Crippen LogP contribution < -0.4 is 10.2 Å². The first kappa shape index (κ1) is 11.1. The van der Waals surface area contributed by atoms with Crippen molar-refractivity contribution in [2.75, 3.05) is 18.0 Å². The van der Waals surface area contributed by atoms with Gasteiger partial charge in [0.25, 0.3) is 0 Å². The molecule has 1 N–H and O–H groups in total. The lowest BCUT2D eigenvalue weighted by atomic mass is 10.1. The van der Waals surface area contributed by atoms with Gasteiger partial charge in [0, 0.05) is 10.2 Å². The third-order valence-electron chi connectivity index (χ3n) is 2.45. The lowest BCUT2D eigenvalue weighted by Gasteiger charge is -2.28. The van der Waals surface area contributed by atoms with Crippen molar-refractivity contribution in [2.24, 2.45) is 0 Å². The third-order valence-corrected chi connectivity index (χ3v) is 2.94. The van der Waals surface area contributed by atoms with Gasteiger partial charge in [-0.15, -0.1) is 0 Å². The monoisotopic (exact) mass is 282 g/mol. The molecule has 1 saturated heterocycles. The number of nitrogens with one attached hydrogen (secondary N) is 1. The molecular weight excluding hydrogens is 272 g/mol. The second-order valence-electron chi connectivity index (χ2n) is 3.76. The Morgan fingerprint density at radius 2 is 1.88 bits per heavy atom. The van der Waals surface area contributed by atoms with E-state index in [-0.39, 0.29) is 24.9 Å². The van der Waals surface area contributed by atoms with E-state index in [9.17, 15) is 9.59 Å². The highest BCUT2D eigenvalue weighted by molar-refractivity contribution is 9.10. The summed E-state index contributed by atoms with van der Waals surface area (Å²) in [6.07, 6.45) is 0. The van der Waals surface area contributed by atoms with Gasteiger partial charge in [0.2, 0.25) is 11.8 Å². The fourth-order valence-corrected chi connectivity index (χ4v) is 2.26. The zero-order valence-corrected chi connectivity index (χ0v) is 10.4. The molecule has 0 unspecified atom stereocenters. The number of carbonyl (C=O) groups is 2. The average molecular weight is 283 g/mol. The number of carbonyl (C=O) groups excluding carboxylic acids is 2. The van der Waals surface area contributed by atoms with Crippen molar-refractivity contribution in [1.29, 1.82) is 0 Å². The van der Waals surface area contributed by atoms with Crippen LogP contribution in [0, 0.1) is 6.92 Å². The Morgan fingerprint density at radius 1 is 1.25 bits per heavy atom. The first-order valence-electron chi connectivity index (χ1n) is 4.90. The number of amides is 2. The zero-order valence-electron chi connectivity index (χ0n) is 8.79. The fourth-order valence-electron chi connectivity index (χ4n) is 1.78. The average Bonchev–Trinajstić information content (AvgIpc) is 2.15. The number of benzene rings is 1. The van der Waals surface area contributed by atoms with Crippen LogP contribution in [0.25, 0.3) is 0 Å². The summed E-state index contributed by atoms with van der Waals surface area (Å²) in [6, 6.07) is 5.77. The Balaban J connectivity index is 2.29. The van der Waals surface area contributed by atoms with E-state index in [0.717, 1.165) is 15.7 Å². The first-order valence-corrected chi connectivity index (χ1v) is 5.69. The molecule has 0 atom stereocenters. The second-order valence-corrected chi connectivity index (χ2v) is 4.67. The number of rotatable bonds is 1. The zero-order chi connectivity index (χ0) is 11.7. The van der Waals surface area contributed by atoms with E-state index in [0.29, 0.717) is 0 Å². The summed E-state index contributed by atoms with van der Waals surface area (Å²) < 4.78 is 0.988. The van der Waals surface area contributed by atoms with Crippen LogP contribution in [-0.4, -0.2) is 24.9 Å². The molecule has 4 nitrogen and oxygen atoms in total. The molecule has 0 aliphatic carbocycles. The summed E-state index contributed by atoms with van der Waals surface area (Å²) in [4.78, 5) is 24.3. The van der Waals surface area contributed by atoms with Crippen molar-refractivity contribution in [3.63, 3.8) is 0 Å². The molecule has 1 aliphatic heterocycles. The maximum Gasteiger partial charge on any atom is 0.246 e. The van der Waals surface area contributed by atoms with Crippen molar-refractivity contribution >= 4 is 33.4 Å². The van der Waals surface area contributed by atoms with Crippen molar-refractivity contribution < 1.29 is 9.59 Å². The Kier molecular flexibility index (Phi) is 2.96. The Labute approximate surface area is 102 Å². The minimum Gasteiger partial charge on any atom is -0.353 e. The van der Waals surface area contributed by atoms with E-state index < -0.39 is 0 Å². The number of piperazine rings is 1. The number of hydrogen-bond donors (Lipinski definition) is 1. The van der Waals surface area contributed by atoms with Gasteiger partial charge in [-0.05, 0) is 30.7 Å². The minimum absolute atomic E-state index is 0.230. The van der Waals surface area contributed by atoms with Crippen LogP contribution in [0.1, 0.15) is 5.56 Å². The van der Waals surface area contributed by atoms with Gasteiger partial charge in [0.1, 0.15) is 0 Å². The van der Waals surface area contributed by atoms with Gasteiger partial charge in [-0.1, -0.05) is 15.9 Å². The molecule has 0 aromatic heterocycles. The van der Waals surface area contributed by atoms with E-state index in [1.54, 1.807) is 4.90 Å². The smallest absolute Gasteiger partial charge is 0.246 e. The first-order chi connectivity index (χ1) is 7.56. The molecule has 0 spiro atoms. The minimum atomic E-state index is -0.251. The quantitative estimate of drug-likeness (QED) is 0.788. The molecule has 1 heterocycles. The van der Waals surface area contributed by atoms with Gasteiger partial charge in [0.15, 0.2) is 0 Å². The standard InChI is InChI=1S/C11H11BrN2O2/c1-7-4-8(12)2-3-9(7)14-5-10(15)13-11(16)6-14/h2-4H,5-6H2,1H3,(H,13,15,16). The molecule has 2 amide bonds. The largest absolute Gasteiger partial charge is 0.353 e. The van der Waals surface area contributed by atoms with Gasteiger partial charge in [-0.25, -0.2) is 0 Å². The van der Waals surface area contributed by atoms with E-state index in [2.05, 4.69) is 21.2 Å². The molecule has 0 radical (unpaired) electrons. The third kappa shape index (κ3) is 2.24. The predicted octanol–water partition coefficient (Wildman–Crippen LogP) is 1.22. The highest BCUT2D eigenvalue weighted by atomic mass is 79.9. The number of nitrogens with zero attached hydrogens (tertiary/aromatic N) is 1. The molecule has 1 fully saturated rings. The molecule has 5 heteroatoms. The maximum atomic E-state index is 11.3. The predicted molar refractivity (Wildman–Crippen MR) is 64.2 cm³/mol. The molecule has 16 heavy (non-hydrogen) atoms. The number of imide groups is 1. The SMILES string of the molecule is Cc1cc(Br)ccc1N1CC(=O)NC(=O)C1. The number of anilines is 1. The van der Waals surface area contributed by atoms with Gasteiger partial charge in [0.05, 0.1) is 13.1 Å². The van der Waals surface area contributed by atoms with Crippen molar-refractivity contribution in [3.8, 4) is 0 Å². The molecule has 84 valence electrons. The maximum absolute atomic E-state index is 11.3. The van der Waals surface area contributed by atoms with E-state index in [1.165, 1.54) is 0 Å². The van der Waals surface area contributed by atoms with Crippen LogP contribution in [0.5, 0.6) is 0 Å². The van der Waals surface area contributed by atoms with E-state index in [4.69, 9.17) is 0 Å². The van der Waals surface area contributed by atoms with Crippen LogP contribution >= 0.6 is 15.9 Å². The summed E-state index contributed by atoms with van der Waals surface area (Å²) in [5, 5.41) is 2.28. The molecule has 1 aromatic carbocycles. The lowest BCUT2D eigenvalue weighted by molar-refractivity contribution is -0.130. The molecule has 2 rings (SSSR count). The second kappa shape index (κ2) is 4.25. The van der Waals surface area contributed by atoms with Crippen LogP contribution in [0.3, 0.4) is 0 Å². The normalized spacial score (nSPS) is 16.2. The van der Waals surface area contributed by atoms with Crippen molar-refractivity contribution in [2.45, 2.75) is 6.92 Å². The van der Waals surface area contributed by atoms with Gasteiger partial charge < -0.3 is 4.90 Å². The number of aryl methyl sites for hydroxylation is 1. The van der Waals surface area contributed by atoms with Gasteiger partial charge in [-0.2, -0.15) is 0 Å². The fraction of sp³-hybridized carbons (Fsp3) is 0.273. The molecule has 1 aromatic rings. The lowest BCUT2D eigenvalue weighted by Crippen LogP contribution is -2.51. The highest BCUT2D eigenvalue weighted by Gasteiger charge is 2.23. The summed E-state index contributed by atoms with van der Waals surface area (Å²) >= 11 is 3.38. The highest BCUT2D eigenvalue weighted by Crippen LogP contribution is 2.24. The van der Waals surface area contributed by atoms with Crippen LogP contribution in [-0.2, 0) is 9.59 Å². The van der Waals surface area contributed by atoms with Gasteiger partial charge in [-0.3, -0.25) is 14.9 Å². The molecule has 0 bridgehead atoms. The topological polar surface area (TPSA) is 49.4 Å². The van der Waals surface area contributed by atoms with E-state index in [1.807, 2.05) is 25.1 Å². The molecule has 1 aliphatic rings. The summed E-state index contributed by atoms with van der Waals surface area (Å²) in [5.74, 6) is -0.503. The summed E-state index contributed by atoms with van der Waals surface area (Å²) in [6.45, 7) is 2.42. The number of halogens is 1. The van der Waals surface area contributed by atoms with Crippen LogP contribution in [0.4, 0.5) is 5.69 Å².